The Balaban J connectivity index is 1.87. The van der Waals surface area contributed by atoms with Crippen molar-refractivity contribution in [1.29, 1.82) is 0 Å². The molecule has 0 saturated carbocycles. The van der Waals surface area contributed by atoms with E-state index in [9.17, 15) is 14.9 Å². The summed E-state index contributed by atoms with van der Waals surface area (Å²) in [6.07, 6.45) is 0. The minimum absolute atomic E-state index is 0.0471. The Morgan fingerprint density at radius 3 is 2.48 bits per heavy atom. The standard InChI is InChI=1S/C16H16BrN3O3/c1-11(19-16(21)14-4-2-3-5-15(14)17)10-18-12-6-8-13(9-7-12)20(22)23/h2-9,11,18H,10H2,1H3,(H,19,21)/t11-/m1/s1. The third kappa shape index (κ3) is 4.79. The van der Waals surface area contributed by atoms with Gasteiger partial charge in [0.1, 0.15) is 0 Å². The van der Waals surface area contributed by atoms with Crippen molar-refractivity contribution < 1.29 is 9.72 Å². The van der Waals surface area contributed by atoms with E-state index in [0.717, 1.165) is 10.2 Å². The van der Waals surface area contributed by atoms with Gasteiger partial charge in [-0.3, -0.25) is 14.9 Å². The van der Waals surface area contributed by atoms with E-state index in [-0.39, 0.29) is 17.6 Å². The zero-order chi connectivity index (χ0) is 16.8. The number of benzene rings is 2. The molecule has 1 atom stereocenters. The van der Waals surface area contributed by atoms with Gasteiger partial charge in [-0.1, -0.05) is 12.1 Å². The summed E-state index contributed by atoms with van der Waals surface area (Å²) < 4.78 is 0.744. The first-order chi connectivity index (χ1) is 11.0. The van der Waals surface area contributed by atoms with Gasteiger partial charge in [-0.15, -0.1) is 0 Å². The van der Waals surface area contributed by atoms with Crippen LogP contribution in [0.25, 0.3) is 0 Å². The Bertz CT molecular complexity index is 704. The summed E-state index contributed by atoms with van der Waals surface area (Å²) >= 11 is 3.35. The zero-order valence-corrected chi connectivity index (χ0v) is 14.0. The van der Waals surface area contributed by atoms with Crippen molar-refractivity contribution in [2.75, 3.05) is 11.9 Å². The van der Waals surface area contributed by atoms with Crippen LogP contribution in [0, 0.1) is 10.1 Å². The van der Waals surface area contributed by atoms with Crippen molar-refractivity contribution in [3.05, 3.63) is 68.7 Å². The SMILES string of the molecule is C[C@H](CNc1ccc([N+](=O)[O-])cc1)NC(=O)c1ccccc1Br. The number of nitro groups is 1. The predicted octanol–water partition coefficient (Wildman–Crippen LogP) is 3.59. The van der Waals surface area contributed by atoms with Gasteiger partial charge in [0, 0.05) is 34.9 Å². The topological polar surface area (TPSA) is 84.3 Å². The molecule has 2 aromatic carbocycles. The fourth-order valence-electron chi connectivity index (χ4n) is 1.97. The normalized spacial score (nSPS) is 11.6. The number of nitrogens with one attached hydrogen (secondary N) is 2. The van der Waals surface area contributed by atoms with Crippen molar-refractivity contribution in [1.82, 2.24) is 5.32 Å². The largest absolute Gasteiger partial charge is 0.383 e. The molecule has 120 valence electrons. The van der Waals surface area contributed by atoms with E-state index in [1.165, 1.54) is 12.1 Å². The molecule has 23 heavy (non-hydrogen) atoms. The smallest absolute Gasteiger partial charge is 0.269 e. The monoisotopic (exact) mass is 377 g/mol. The molecule has 0 aliphatic rings. The van der Waals surface area contributed by atoms with E-state index in [2.05, 4.69) is 26.6 Å². The van der Waals surface area contributed by atoms with Crippen LogP contribution in [0.5, 0.6) is 0 Å². The maximum absolute atomic E-state index is 12.2. The Hall–Kier alpha value is -2.41. The molecule has 0 aliphatic carbocycles. The molecule has 0 radical (unpaired) electrons. The molecular weight excluding hydrogens is 362 g/mol. The lowest BCUT2D eigenvalue weighted by Gasteiger charge is -2.16. The molecule has 0 saturated heterocycles. The Labute approximate surface area is 142 Å². The van der Waals surface area contributed by atoms with Crippen LogP contribution in [0.2, 0.25) is 0 Å². The number of nitro benzene ring substituents is 1. The van der Waals surface area contributed by atoms with E-state index in [4.69, 9.17) is 0 Å². The molecule has 1 amide bonds. The van der Waals surface area contributed by atoms with Crippen LogP contribution < -0.4 is 10.6 Å². The molecule has 0 aromatic heterocycles. The molecule has 0 fully saturated rings. The van der Waals surface area contributed by atoms with E-state index >= 15 is 0 Å². The second kappa shape index (κ2) is 7.73. The summed E-state index contributed by atoms with van der Waals surface area (Å²) in [5, 5.41) is 16.6. The first-order valence-electron chi connectivity index (χ1n) is 7.01. The first-order valence-corrected chi connectivity index (χ1v) is 7.80. The maximum Gasteiger partial charge on any atom is 0.269 e. The lowest BCUT2D eigenvalue weighted by Crippen LogP contribution is -2.37. The quantitative estimate of drug-likeness (QED) is 0.594. The number of amides is 1. The molecular formula is C16H16BrN3O3. The van der Waals surface area contributed by atoms with Gasteiger partial charge in [0.2, 0.25) is 0 Å². The van der Waals surface area contributed by atoms with Crippen molar-refractivity contribution in [2.24, 2.45) is 0 Å². The fourth-order valence-corrected chi connectivity index (χ4v) is 2.43. The van der Waals surface area contributed by atoms with Crippen LogP contribution in [-0.2, 0) is 0 Å². The van der Waals surface area contributed by atoms with Gasteiger partial charge in [-0.25, -0.2) is 0 Å². The predicted molar refractivity (Wildman–Crippen MR) is 92.7 cm³/mol. The van der Waals surface area contributed by atoms with Crippen LogP contribution in [0.15, 0.2) is 53.0 Å². The van der Waals surface area contributed by atoms with Gasteiger partial charge in [0.05, 0.1) is 10.5 Å². The number of hydrogen-bond donors (Lipinski definition) is 2. The summed E-state index contributed by atoms with van der Waals surface area (Å²) in [6.45, 7) is 2.39. The van der Waals surface area contributed by atoms with Gasteiger partial charge in [-0.05, 0) is 47.1 Å². The summed E-state index contributed by atoms with van der Waals surface area (Å²) in [5.74, 6) is -0.157. The van der Waals surface area contributed by atoms with Gasteiger partial charge in [0.25, 0.3) is 11.6 Å². The molecule has 0 spiro atoms. The molecule has 0 bridgehead atoms. The van der Waals surface area contributed by atoms with Gasteiger partial charge in [0.15, 0.2) is 0 Å². The highest BCUT2D eigenvalue weighted by Crippen LogP contribution is 2.16. The van der Waals surface area contributed by atoms with Crippen molar-refractivity contribution in [3.8, 4) is 0 Å². The molecule has 7 heteroatoms. The number of non-ortho nitro benzene ring substituents is 1. The van der Waals surface area contributed by atoms with Crippen LogP contribution in [0.1, 0.15) is 17.3 Å². The van der Waals surface area contributed by atoms with Crippen molar-refractivity contribution >= 4 is 33.2 Å². The second-order valence-electron chi connectivity index (χ2n) is 5.04. The molecule has 0 aliphatic heterocycles. The second-order valence-corrected chi connectivity index (χ2v) is 5.89. The molecule has 2 aromatic rings. The Morgan fingerprint density at radius 1 is 1.22 bits per heavy atom. The fraction of sp³-hybridized carbons (Fsp3) is 0.188. The van der Waals surface area contributed by atoms with Crippen LogP contribution in [0.3, 0.4) is 0 Å². The highest BCUT2D eigenvalue weighted by atomic mass is 79.9. The summed E-state index contributed by atoms with van der Waals surface area (Å²) in [6, 6.07) is 13.3. The Kier molecular flexibility index (Phi) is 5.70. The molecule has 0 heterocycles. The Morgan fingerprint density at radius 2 is 1.87 bits per heavy atom. The summed E-state index contributed by atoms with van der Waals surface area (Å²) in [4.78, 5) is 22.3. The first kappa shape index (κ1) is 17.0. The average Bonchev–Trinajstić information content (AvgIpc) is 2.53. The number of rotatable bonds is 6. The lowest BCUT2D eigenvalue weighted by atomic mass is 10.2. The minimum Gasteiger partial charge on any atom is -0.383 e. The maximum atomic E-state index is 12.2. The number of nitrogens with zero attached hydrogens (tertiary/aromatic N) is 1. The number of carbonyl (C=O) groups is 1. The van der Waals surface area contributed by atoms with Gasteiger partial charge in [-0.2, -0.15) is 0 Å². The third-order valence-electron chi connectivity index (χ3n) is 3.19. The van der Waals surface area contributed by atoms with Crippen LogP contribution in [-0.4, -0.2) is 23.4 Å². The van der Waals surface area contributed by atoms with Gasteiger partial charge >= 0.3 is 0 Å². The molecule has 2 rings (SSSR count). The summed E-state index contributed by atoms with van der Waals surface area (Å²) in [5.41, 5.74) is 1.39. The zero-order valence-electron chi connectivity index (χ0n) is 12.5. The van der Waals surface area contributed by atoms with Crippen molar-refractivity contribution in [2.45, 2.75) is 13.0 Å². The van der Waals surface area contributed by atoms with E-state index in [1.807, 2.05) is 19.1 Å². The number of halogens is 1. The van der Waals surface area contributed by atoms with Crippen molar-refractivity contribution in [3.63, 3.8) is 0 Å². The molecule has 6 nitrogen and oxygen atoms in total. The van der Waals surface area contributed by atoms with E-state index in [0.29, 0.717) is 12.1 Å². The number of carbonyl (C=O) groups excluding carboxylic acids is 1. The summed E-state index contributed by atoms with van der Waals surface area (Å²) in [7, 11) is 0. The highest BCUT2D eigenvalue weighted by molar-refractivity contribution is 9.10. The third-order valence-corrected chi connectivity index (χ3v) is 3.88. The molecule has 0 unspecified atom stereocenters. The molecule has 2 N–H and O–H groups in total. The van der Waals surface area contributed by atoms with E-state index < -0.39 is 4.92 Å². The average molecular weight is 378 g/mol. The van der Waals surface area contributed by atoms with Crippen LogP contribution >= 0.6 is 15.9 Å². The van der Waals surface area contributed by atoms with Gasteiger partial charge < -0.3 is 10.6 Å². The van der Waals surface area contributed by atoms with E-state index in [1.54, 1.807) is 24.3 Å². The number of hydrogen-bond acceptors (Lipinski definition) is 4. The highest BCUT2D eigenvalue weighted by Gasteiger charge is 2.12. The lowest BCUT2D eigenvalue weighted by molar-refractivity contribution is -0.384. The van der Waals surface area contributed by atoms with Crippen LogP contribution in [0.4, 0.5) is 11.4 Å². The number of anilines is 1. The minimum atomic E-state index is -0.440.